The van der Waals surface area contributed by atoms with Crippen LogP contribution in [0.25, 0.3) is 56.3 Å². The van der Waals surface area contributed by atoms with Crippen molar-refractivity contribution in [2.75, 3.05) is 0 Å². The molecule has 0 N–H and O–H groups in total. The minimum absolute atomic E-state index is 0. The van der Waals surface area contributed by atoms with Crippen LogP contribution in [0.2, 0.25) is 98.2 Å². The molecule has 0 aliphatic carbocycles. The van der Waals surface area contributed by atoms with E-state index in [4.69, 9.17) is 24.9 Å². The van der Waals surface area contributed by atoms with E-state index in [-0.39, 0.29) is 117 Å². The fraction of sp³-hybridized carbons (Fsp3) is 0.421. The predicted molar refractivity (Wildman–Crippen MR) is 473 cm³/mol. The van der Waals surface area contributed by atoms with Crippen LogP contribution in [0.5, 0.6) is 0 Å². The van der Waals surface area contributed by atoms with Crippen molar-refractivity contribution in [1.29, 1.82) is 0 Å². The average Bonchev–Trinajstić information content (AvgIpc) is 0.840. The van der Waals surface area contributed by atoms with E-state index >= 15 is 0 Å². The minimum atomic E-state index is -1.37. The van der Waals surface area contributed by atoms with Crippen molar-refractivity contribution >= 4 is 66.3 Å². The Labute approximate surface area is 742 Å². The first-order valence-electron chi connectivity index (χ1n) is 38.6. The molecular weight excluding hydrogens is 2310 g/mol. The number of hydrogen-bond acceptors (Lipinski definition) is 5. The second kappa shape index (κ2) is 46.2. The maximum Gasteiger partial charge on any atom is 0.0799 e. The van der Waals surface area contributed by atoms with Crippen LogP contribution in [0.3, 0.4) is 0 Å². The van der Waals surface area contributed by atoms with E-state index < -0.39 is 40.4 Å². The van der Waals surface area contributed by atoms with Gasteiger partial charge in [0.2, 0.25) is 0 Å². The number of aromatic nitrogens is 5. The molecule has 605 valence electrons. The summed E-state index contributed by atoms with van der Waals surface area (Å²) in [5, 5.41) is 7.35. The standard InChI is InChI=1S/5C19H26NSi.5Ir/c1-19(2,3)13-16-12-17(15-10-8-7-9-11-15)20-14-18(16)21(4,5)6;1-19(2,3)13-16-12-17(21(4,5)6)14-20-18(16)15-10-8-7-9-11-15;1-19(2,3)14-17-18(21(4,5)6)13-12-16(20-17)15-10-8-7-9-11-15;1-15(2)11-12-17-13-18(16-9-7-6-8-10-16)20-14-19(17)21(3,4)5;1-15(2)11-12-17-13-18(21(3,4)5)14-20-19(17)16-9-7-6-8-10-16;;;;;/h2*7-10,12,14H,13H2,1-6H3;7-10,12-13H,14H2,1-6H3;2*6-9,13-15H,11-12H2,1-5H3;;;;;/q5*-1;;;;;. The number of nitrogens with zero attached hydrogens (tertiary/aromatic N) is 5. The number of aryl methyl sites for hydroxylation is 2. The van der Waals surface area contributed by atoms with E-state index in [0.717, 1.165) is 94.3 Å². The SMILES string of the molecule is CC(C)(C)Cc1cc(-c2[c-]cccc2)ncc1[Si](C)(C)C.CC(C)(C)Cc1cc([Si](C)(C)C)cnc1-c1[c-]cccc1.CC(C)(C)Cc1nc(-c2[c-]cccc2)ccc1[Si](C)(C)C.CC(C)CCc1cc(-c2[c-]cccc2)ncc1[Si](C)(C)C.CC(C)CCc1cc([Si](C)(C)C)cnc1-c1[c-]cccc1.[Ir].[Ir].[Ir].[Ir].[Ir]. The molecule has 10 aromatic rings. The minimum Gasteiger partial charge on any atom is -0.305 e. The Kier molecular flexibility index (Phi) is 43.8. The summed E-state index contributed by atoms with van der Waals surface area (Å²) in [6.45, 7) is 65.6. The molecule has 0 aliphatic rings. The molecule has 0 saturated carbocycles. The molecule has 0 spiro atoms. The van der Waals surface area contributed by atoms with Crippen LogP contribution >= 0.6 is 0 Å². The van der Waals surface area contributed by atoms with Crippen molar-refractivity contribution in [1.82, 2.24) is 24.9 Å². The van der Waals surface area contributed by atoms with Crippen LogP contribution in [-0.4, -0.2) is 65.3 Å². The summed E-state index contributed by atoms with van der Waals surface area (Å²) >= 11 is 0. The van der Waals surface area contributed by atoms with Gasteiger partial charge >= 0.3 is 0 Å². The van der Waals surface area contributed by atoms with Gasteiger partial charge < -0.3 is 24.9 Å². The summed E-state index contributed by atoms with van der Waals surface area (Å²) in [5.41, 5.74) is 18.5. The molecule has 5 heterocycles. The summed E-state index contributed by atoms with van der Waals surface area (Å²) in [4.78, 5) is 24.0. The predicted octanol–water partition coefficient (Wildman–Crippen LogP) is 23.4. The first-order chi connectivity index (χ1) is 48.8. The maximum atomic E-state index is 5.00. The quantitative estimate of drug-likeness (QED) is 0.0596. The third-order valence-electron chi connectivity index (χ3n) is 18.0. The second-order valence-corrected chi connectivity index (χ2v) is 63.6. The fourth-order valence-electron chi connectivity index (χ4n) is 12.4. The summed E-state index contributed by atoms with van der Waals surface area (Å²) in [6, 6.07) is 70.8. The Morgan fingerprint density at radius 3 is 0.964 bits per heavy atom. The molecule has 10 rings (SSSR count). The fourth-order valence-corrected chi connectivity index (χ4v) is 19.3. The molecule has 0 bridgehead atoms. The van der Waals surface area contributed by atoms with Gasteiger partial charge in [-0.25, -0.2) is 0 Å². The van der Waals surface area contributed by atoms with Gasteiger partial charge in [0.1, 0.15) is 0 Å². The van der Waals surface area contributed by atoms with Crippen LogP contribution in [0.15, 0.2) is 183 Å². The van der Waals surface area contributed by atoms with Crippen molar-refractivity contribution in [3.8, 4) is 56.3 Å². The molecule has 0 atom stereocenters. The molecule has 5 radical (unpaired) electrons. The molecule has 5 aromatic carbocycles. The maximum absolute atomic E-state index is 5.00. The smallest absolute Gasteiger partial charge is 0.0799 e. The first kappa shape index (κ1) is 104. The van der Waals surface area contributed by atoms with E-state index in [2.05, 4.69) is 322 Å². The molecule has 5 nitrogen and oxygen atoms in total. The Bertz CT molecular complexity index is 4190. The topological polar surface area (TPSA) is 64.5 Å². The van der Waals surface area contributed by atoms with Gasteiger partial charge in [-0.3, -0.25) is 0 Å². The van der Waals surface area contributed by atoms with Crippen LogP contribution < -0.4 is 25.9 Å². The molecule has 0 unspecified atom stereocenters. The van der Waals surface area contributed by atoms with Gasteiger partial charge in [-0.05, 0) is 127 Å². The molecule has 0 amide bonds. The van der Waals surface area contributed by atoms with Gasteiger partial charge in [0.15, 0.2) is 0 Å². The van der Waals surface area contributed by atoms with Crippen molar-refractivity contribution in [3.05, 3.63) is 241 Å². The largest absolute Gasteiger partial charge is 0.305 e. The Morgan fingerprint density at radius 1 is 0.309 bits per heavy atom. The molecule has 0 aliphatic heterocycles. The van der Waals surface area contributed by atoms with E-state index in [1.807, 2.05) is 78.9 Å². The number of rotatable bonds is 19. The number of pyridine rings is 5. The van der Waals surface area contributed by atoms with Crippen LogP contribution in [-0.2, 0) is 133 Å². The zero-order valence-corrected chi connectivity index (χ0v) is 88.8. The molecule has 0 fully saturated rings. The monoisotopic (exact) mass is 2450 g/mol. The summed E-state index contributed by atoms with van der Waals surface area (Å²) in [5.74, 6) is 1.45. The summed E-state index contributed by atoms with van der Waals surface area (Å²) in [7, 11) is -6.75. The number of hydrogen-bond donors (Lipinski definition) is 0. The van der Waals surface area contributed by atoms with Gasteiger partial charge in [-0.1, -0.05) is 247 Å². The molecule has 15 heteroatoms. The zero-order valence-electron chi connectivity index (χ0n) is 71.8. The van der Waals surface area contributed by atoms with Crippen LogP contribution in [0, 0.1) is 58.4 Å². The van der Waals surface area contributed by atoms with Crippen LogP contribution in [0.1, 0.15) is 131 Å². The first-order valence-corrected chi connectivity index (χ1v) is 56.1. The van der Waals surface area contributed by atoms with Crippen molar-refractivity contribution < 1.29 is 101 Å². The third kappa shape index (κ3) is 35.7. The van der Waals surface area contributed by atoms with E-state index in [1.54, 1.807) is 0 Å². The van der Waals surface area contributed by atoms with Crippen molar-refractivity contribution in [2.45, 2.75) is 233 Å². The van der Waals surface area contributed by atoms with Gasteiger partial charge in [-0.15, -0.1) is 179 Å². The van der Waals surface area contributed by atoms with E-state index in [0.29, 0.717) is 5.92 Å². The summed E-state index contributed by atoms with van der Waals surface area (Å²) < 4.78 is 0. The normalized spacial score (nSPS) is 11.7. The second-order valence-electron chi connectivity index (χ2n) is 38.3. The Hall–Kier alpha value is -3.82. The molecule has 5 aromatic heterocycles. The van der Waals surface area contributed by atoms with Crippen molar-refractivity contribution in [2.24, 2.45) is 28.1 Å². The average molecular weight is 2440 g/mol. The zero-order chi connectivity index (χ0) is 77.9. The molecule has 0 saturated heterocycles. The summed E-state index contributed by atoms with van der Waals surface area (Å²) in [6.07, 6.45) is 16.2. The van der Waals surface area contributed by atoms with E-state index in [1.165, 1.54) is 66.7 Å². The van der Waals surface area contributed by atoms with Gasteiger partial charge in [0.05, 0.1) is 40.4 Å². The Morgan fingerprint density at radius 2 is 0.627 bits per heavy atom. The van der Waals surface area contributed by atoms with Crippen LogP contribution in [0.4, 0.5) is 0 Å². The van der Waals surface area contributed by atoms with Gasteiger partial charge in [0, 0.05) is 131 Å². The van der Waals surface area contributed by atoms with E-state index in [9.17, 15) is 0 Å². The van der Waals surface area contributed by atoms with Crippen molar-refractivity contribution in [3.63, 3.8) is 0 Å². The number of benzene rings is 5. The Balaban J connectivity index is 0.000000680. The molecule has 110 heavy (non-hydrogen) atoms. The third-order valence-corrected chi connectivity index (χ3v) is 28.3. The van der Waals surface area contributed by atoms with Gasteiger partial charge in [0.25, 0.3) is 0 Å². The van der Waals surface area contributed by atoms with Gasteiger partial charge in [-0.2, -0.15) is 0 Å². The molecular formula is C95H130Ir5N5Si5-5.